The van der Waals surface area contributed by atoms with Gasteiger partial charge in [-0.25, -0.2) is 5.43 Å². The summed E-state index contributed by atoms with van der Waals surface area (Å²) < 4.78 is 0.941. The van der Waals surface area contributed by atoms with Crippen molar-refractivity contribution in [1.82, 2.24) is 15.4 Å². The molecule has 0 aliphatic heterocycles. The SMILES string of the molecule is NNC(c1ccc(Br)cn1)c1cccc2ncccc12. The molecular weight excluding hydrogens is 316 g/mol. The second-order valence-electron chi connectivity index (χ2n) is 4.42. The molecule has 0 saturated carbocycles. The Hall–Kier alpha value is -1.82. The van der Waals surface area contributed by atoms with E-state index in [0.717, 1.165) is 26.6 Å². The fraction of sp³-hybridized carbons (Fsp3) is 0.0667. The van der Waals surface area contributed by atoms with Crippen molar-refractivity contribution >= 4 is 26.8 Å². The quantitative estimate of drug-likeness (QED) is 0.573. The summed E-state index contributed by atoms with van der Waals surface area (Å²) in [4.78, 5) is 8.79. The highest BCUT2D eigenvalue weighted by Crippen LogP contribution is 2.27. The average Bonchev–Trinajstić information content (AvgIpc) is 2.50. The molecule has 0 bridgehead atoms. The van der Waals surface area contributed by atoms with Crippen LogP contribution in [0.25, 0.3) is 10.9 Å². The summed E-state index contributed by atoms with van der Waals surface area (Å²) in [5.41, 5.74) is 5.72. The highest BCUT2D eigenvalue weighted by molar-refractivity contribution is 9.10. The van der Waals surface area contributed by atoms with E-state index in [-0.39, 0.29) is 6.04 Å². The lowest BCUT2D eigenvalue weighted by molar-refractivity contribution is 0.624. The van der Waals surface area contributed by atoms with Gasteiger partial charge in [-0.1, -0.05) is 18.2 Å². The van der Waals surface area contributed by atoms with Crippen LogP contribution in [-0.4, -0.2) is 9.97 Å². The fourth-order valence-corrected chi connectivity index (χ4v) is 2.51. The molecule has 0 amide bonds. The van der Waals surface area contributed by atoms with E-state index in [1.165, 1.54) is 0 Å². The van der Waals surface area contributed by atoms with Crippen molar-refractivity contribution in [2.24, 2.45) is 5.84 Å². The zero-order valence-corrected chi connectivity index (χ0v) is 12.2. The van der Waals surface area contributed by atoms with E-state index >= 15 is 0 Å². The van der Waals surface area contributed by atoms with E-state index in [2.05, 4.69) is 31.3 Å². The van der Waals surface area contributed by atoms with Gasteiger partial charge in [-0.15, -0.1) is 0 Å². The predicted octanol–water partition coefficient (Wildman–Crippen LogP) is 2.95. The minimum Gasteiger partial charge on any atom is -0.271 e. The number of benzene rings is 1. The summed E-state index contributed by atoms with van der Waals surface area (Å²) >= 11 is 3.39. The number of aromatic nitrogens is 2. The molecule has 0 aliphatic rings. The molecule has 3 N–H and O–H groups in total. The lowest BCUT2D eigenvalue weighted by atomic mass is 9.99. The first kappa shape index (κ1) is 13.2. The summed E-state index contributed by atoms with van der Waals surface area (Å²) in [6.07, 6.45) is 3.55. The van der Waals surface area contributed by atoms with Crippen LogP contribution in [0.5, 0.6) is 0 Å². The van der Waals surface area contributed by atoms with Crippen LogP contribution in [0.1, 0.15) is 17.3 Å². The number of nitrogens with two attached hydrogens (primary N) is 1. The standard InChI is InChI=1S/C15H13BrN4/c16-10-6-7-14(19-9-10)15(20-17)12-3-1-5-13-11(12)4-2-8-18-13/h1-9,15,20H,17H2. The van der Waals surface area contributed by atoms with E-state index in [9.17, 15) is 0 Å². The normalized spacial score (nSPS) is 12.5. The summed E-state index contributed by atoms with van der Waals surface area (Å²) in [6, 6.07) is 13.7. The van der Waals surface area contributed by atoms with Gasteiger partial charge in [0.15, 0.2) is 0 Å². The largest absolute Gasteiger partial charge is 0.271 e. The third kappa shape index (κ3) is 2.43. The number of hydrogen-bond acceptors (Lipinski definition) is 4. The Morgan fingerprint density at radius 3 is 2.70 bits per heavy atom. The maximum absolute atomic E-state index is 5.74. The van der Waals surface area contributed by atoms with Gasteiger partial charge in [0.25, 0.3) is 0 Å². The zero-order chi connectivity index (χ0) is 13.9. The highest BCUT2D eigenvalue weighted by Gasteiger charge is 2.16. The first-order valence-corrected chi connectivity index (χ1v) is 7.00. The Morgan fingerprint density at radius 1 is 1.05 bits per heavy atom. The van der Waals surface area contributed by atoms with Crippen molar-refractivity contribution in [3.63, 3.8) is 0 Å². The van der Waals surface area contributed by atoms with Crippen LogP contribution < -0.4 is 11.3 Å². The van der Waals surface area contributed by atoms with Crippen molar-refractivity contribution in [3.05, 3.63) is 70.6 Å². The molecule has 1 unspecified atom stereocenters. The Bertz CT molecular complexity index is 722. The van der Waals surface area contributed by atoms with Gasteiger partial charge in [0.05, 0.1) is 17.3 Å². The number of fused-ring (bicyclic) bond motifs is 1. The Balaban J connectivity index is 2.14. The molecule has 1 atom stereocenters. The van der Waals surface area contributed by atoms with Crippen molar-refractivity contribution in [2.45, 2.75) is 6.04 Å². The van der Waals surface area contributed by atoms with Gasteiger partial charge in [-0.05, 0) is 45.8 Å². The van der Waals surface area contributed by atoms with Crippen molar-refractivity contribution in [3.8, 4) is 0 Å². The lowest BCUT2D eigenvalue weighted by Crippen LogP contribution is -2.29. The molecular formula is C15H13BrN4. The predicted molar refractivity (Wildman–Crippen MR) is 82.8 cm³/mol. The van der Waals surface area contributed by atoms with Gasteiger partial charge in [0.2, 0.25) is 0 Å². The minimum atomic E-state index is -0.170. The van der Waals surface area contributed by atoms with Gasteiger partial charge < -0.3 is 0 Å². The van der Waals surface area contributed by atoms with Crippen molar-refractivity contribution in [1.29, 1.82) is 0 Å². The number of nitrogens with zero attached hydrogens (tertiary/aromatic N) is 2. The molecule has 2 aromatic heterocycles. The van der Waals surface area contributed by atoms with Crippen LogP contribution in [0.2, 0.25) is 0 Å². The molecule has 0 fully saturated rings. The van der Waals surface area contributed by atoms with Crippen LogP contribution in [0.3, 0.4) is 0 Å². The molecule has 0 radical (unpaired) electrons. The van der Waals surface area contributed by atoms with Crippen LogP contribution in [0.4, 0.5) is 0 Å². The highest BCUT2D eigenvalue weighted by atomic mass is 79.9. The maximum Gasteiger partial charge on any atom is 0.0887 e. The smallest absolute Gasteiger partial charge is 0.0887 e. The van der Waals surface area contributed by atoms with E-state index in [1.807, 2.05) is 42.5 Å². The zero-order valence-electron chi connectivity index (χ0n) is 10.6. The van der Waals surface area contributed by atoms with Crippen LogP contribution >= 0.6 is 15.9 Å². The topological polar surface area (TPSA) is 63.8 Å². The van der Waals surface area contributed by atoms with E-state index in [0.29, 0.717) is 0 Å². The molecule has 1 aromatic carbocycles. The van der Waals surface area contributed by atoms with Crippen LogP contribution in [0, 0.1) is 0 Å². The molecule has 20 heavy (non-hydrogen) atoms. The van der Waals surface area contributed by atoms with Gasteiger partial charge >= 0.3 is 0 Å². The lowest BCUT2D eigenvalue weighted by Gasteiger charge is -2.17. The Kier molecular flexibility index (Phi) is 3.73. The Morgan fingerprint density at radius 2 is 1.95 bits per heavy atom. The summed E-state index contributed by atoms with van der Waals surface area (Å²) in [5, 5.41) is 1.07. The van der Waals surface area contributed by atoms with Gasteiger partial charge in [-0.2, -0.15) is 0 Å². The number of nitrogens with one attached hydrogen (secondary N) is 1. The van der Waals surface area contributed by atoms with Gasteiger partial charge in [-0.3, -0.25) is 15.8 Å². The molecule has 2 heterocycles. The molecule has 0 saturated heterocycles. The first-order chi connectivity index (χ1) is 9.79. The third-order valence-electron chi connectivity index (χ3n) is 3.20. The number of halogens is 1. The third-order valence-corrected chi connectivity index (χ3v) is 3.67. The number of hydrazine groups is 1. The van der Waals surface area contributed by atoms with E-state index < -0.39 is 0 Å². The van der Waals surface area contributed by atoms with Crippen LogP contribution in [0.15, 0.2) is 59.3 Å². The molecule has 4 nitrogen and oxygen atoms in total. The van der Waals surface area contributed by atoms with Crippen LogP contribution in [-0.2, 0) is 0 Å². The van der Waals surface area contributed by atoms with Gasteiger partial charge in [0, 0.05) is 22.3 Å². The van der Waals surface area contributed by atoms with Gasteiger partial charge in [0.1, 0.15) is 0 Å². The molecule has 0 aliphatic carbocycles. The molecule has 3 aromatic rings. The number of hydrogen-bond donors (Lipinski definition) is 2. The molecule has 100 valence electrons. The van der Waals surface area contributed by atoms with Crippen molar-refractivity contribution < 1.29 is 0 Å². The summed E-state index contributed by atoms with van der Waals surface area (Å²) in [6.45, 7) is 0. The summed E-state index contributed by atoms with van der Waals surface area (Å²) in [7, 11) is 0. The number of pyridine rings is 2. The maximum atomic E-state index is 5.74. The molecule has 3 rings (SSSR count). The Labute approximate surface area is 125 Å². The van der Waals surface area contributed by atoms with E-state index in [4.69, 9.17) is 5.84 Å². The average molecular weight is 329 g/mol. The monoisotopic (exact) mass is 328 g/mol. The van der Waals surface area contributed by atoms with E-state index in [1.54, 1.807) is 12.4 Å². The number of rotatable bonds is 3. The first-order valence-electron chi connectivity index (χ1n) is 6.21. The second-order valence-corrected chi connectivity index (χ2v) is 5.33. The fourth-order valence-electron chi connectivity index (χ4n) is 2.27. The molecule has 5 heteroatoms. The summed E-state index contributed by atoms with van der Waals surface area (Å²) in [5.74, 6) is 5.74. The molecule has 0 spiro atoms. The second kappa shape index (κ2) is 5.66. The minimum absolute atomic E-state index is 0.170. The van der Waals surface area contributed by atoms with Crippen molar-refractivity contribution in [2.75, 3.05) is 0 Å².